The van der Waals surface area contributed by atoms with Crippen molar-refractivity contribution in [1.29, 1.82) is 0 Å². The Hall–Kier alpha value is -3.93. The maximum atomic E-state index is 12.9. The molecule has 0 saturated heterocycles. The van der Waals surface area contributed by atoms with Crippen molar-refractivity contribution in [3.63, 3.8) is 0 Å². The second-order valence-electron chi connectivity index (χ2n) is 22.0. The van der Waals surface area contributed by atoms with Crippen LogP contribution in [0.1, 0.15) is 316 Å². The summed E-state index contributed by atoms with van der Waals surface area (Å²) in [5.41, 5.74) is 0. The van der Waals surface area contributed by atoms with E-state index in [1.54, 1.807) is 0 Å². The zero-order valence-electron chi connectivity index (χ0n) is 51.9. The lowest BCUT2D eigenvalue weighted by Gasteiger charge is -2.18. The van der Waals surface area contributed by atoms with Gasteiger partial charge in [0, 0.05) is 19.3 Å². The van der Waals surface area contributed by atoms with Crippen LogP contribution in [0, 0.1) is 0 Å². The summed E-state index contributed by atoms with van der Waals surface area (Å²) in [5.74, 6) is -0.897. The highest BCUT2D eigenvalue weighted by atomic mass is 16.6. The molecule has 1 unspecified atom stereocenters. The quantitative estimate of drug-likeness (QED) is 0.0261. The van der Waals surface area contributed by atoms with Crippen molar-refractivity contribution in [2.45, 2.75) is 322 Å². The van der Waals surface area contributed by atoms with Crippen molar-refractivity contribution >= 4 is 17.9 Å². The number of ether oxygens (including phenoxy) is 3. The number of carbonyl (C=O) groups excluding carboxylic acids is 3. The zero-order valence-corrected chi connectivity index (χ0v) is 51.9. The van der Waals surface area contributed by atoms with E-state index in [0.717, 1.165) is 128 Å². The predicted molar refractivity (Wildman–Crippen MR) is 343 cm³/mol. The molecular weight excluding hydrogens is 973 g/mol. The third-order valence-corrected chi connectivity index (χ3v) is 14.3. The summed E-state index contributed by atoms with van der Waals surface area (Å²) < 4.78 is 16.9. The average Bonchev–Trinajstić information content (AvgIpc) is 3.45. The van der Waals surface area contributed by atoms with E-state index in [9.17, 15) is 14.4 Å². The Balaban J connectivity index is 4.24. The maximum Gasteiger partial charge on any atom is 0.306 e. The highest BCUT2D eigenvalue weighted by Crippen LogP contribution is 2.17. The molecule has 0 rings (SSSR count). The Morgan fingerprint density at radius 2 is 0.494 bits per heavy atom. The molecule has 0 radical (unpaired) electrons. The van der Waals surface area contributed by atoms with Gasteiger partial charge in [-0.2, -0.15) is 0 Å². The Labute approximate surface area is 489 Å². The minimum atomic E-state index is -0.790. The standard InChI is InChI=1S/C73H124O6/c1-4-7-10-13-16-19-22-25-27-29-30-31-32-33-34-35-36-37-38-39-40-41-42-44-45-48-51-54-57-60-63-66-72(75)78-69-70(68-77-71(74)65-62-59-56-53-50-47-24-21-18-15-12-9-6-3)79-73(76)67-64-61-58-55-52-49-46-43-28-26-23-20-17-14-11-8-5-2/h7-8,10-11,16-17,19-20,25-28,30-31,33-34,46,49,70H,4-6,9,12-15,18,21-24,29,32,35-45,47-48,50-69H2,1-3H3/b10-7-,11-8-,19-16-,20-17-,27-25-,28-26-,31-30-,34-33-,49-46-. The minimum Gasteiger partial charge on any atom is -0.462 e. The van der Waals surface area contributed by atoms with Gasteiger partial charge in [0.25, 0.3) is 0 Å². The maximum absolute atomic E-state index is 12.9. The van der Waals surface area contributed by atoms with E-state index in [1.807, 2.05) is 0 Å². The van der Waals surface area contributed by atoms with Gasteiger partial charge >= 0.3 is 17.9 Å². The summed E-state index contributed by atoms with van der Waals surface area (Å²) in [6.07, 6.45) is 91.1. The summed E-state index contributed by atoms with van der Waals surface area (Å²) in [6, 6.07) is 0. The SMILES string of the molecule is CC/C=C\C/C=C\C/C=C\C/C=C\C/C=C\CCCCCCCCCCCCCCCCCC(=O)OCC(COC(=O)CCCCCCCCCCCCCCC)OC(=O)CCCCCC/C=C\C/C=C\C/C=C\C/C=C\CC. The lowest BCUT2D eigenvalue weighted by Crippen LogP contribution is -2.30. The molecule has 79 heavy (non-hydrogen) atoms. The summed E-state index contributed by atoms with van der Waals surface area (Å²) in [5, 5.41) is 0. The molecule has 0 heterocycles. The third-order valence-electron chi connectivity index (χ3n) is 14.3. The van der Waals surface area contributed by atoms with Crippen LogP contribution in [0.15, 0.2) is 109 Å². The van der Waals surface area contributed by atoms with Crippen LogP contribution in [0.5, 0.6) is 0 Å². The number of hydrogen-bond acceptors (Lipinski definition) is 6. The topological polar surface area (TPSA) is 78.9 Å². The van der Waals surface area contributed by atoms with Crippen LogP contribution in [-0.4, -0.2) is 37.2 Å². The number of carbonyl (C=O) groups is 3. The molecule has 452 valence electrons. The predicted octanol–water partition coefficient (Wildman–Crippen LogP) is 23.0. The molecule has 0 fully saturated rings. The first-order chi connectivity index (χ1) is 39.0. The minimum absolute atomic E-state index is 0.0847. The number of esters is 3. The second kappa shape index (κ2) is 66.6. The molecule has 6 nitrogen and oxygen atoms in total. The van der Waals surface area contributed by atoms with Crippen molar-refractivity contribution in [2.24, 2.45) is 0 Å². The molecule has 1 atom stereocenters. The first-order valence-electron chi connectivity index (χ1n) is 33.4. The first-order valence-corrected chi connectivity index (χ1v) is 33.4. The normalized spacial score (nSPS) is 12.8. The van der Waals surface area contributed by atoms with E-state index in [0.29, 0.717) is 19.3 Å². The fourth-order valence-corrected chi connectivity index (χ4v) is 9.35. The zero-order chi connectivity index (χ0) is 57.1. The van der Waals surface area contributed by atoms with Gasteiger partial charge in [-0.1, -0.05) is 304 Å². The van der Waals surface area contributed by atoms with E-state index < -0.39 is 6.10 Å². The molecule has 0 aliphatic rings. The van der Waals surface area contributed by atoms with Gasteiger partial charge in [-0.25, -0.2) is 0 Å². The van der Waals surface area contributed by atoms with Crippen LogP contribution < -0.4 is 0 Å². The molecular formula is C73H124O6. The highest BCUT2D eigenvalue weighted by Gasteiger charge is 2.19. The fourth-order valence-electron chi connectivity index (χ4n) is 9.35. The van der Waals surface area contributed by atoms with Crippen molar-refractivity contribution in [3.8, 4) is 0 Å². The van der Waals surface area contributed by atoms with E-state index in [1.165, 1.54) is 148 Å². The van der Waals surface area contributed by atoms with Crippen LogP contribution in [0.4, 0.5) is 0 Å². The van der Waals surface area contributed by atoms with Crippen molar-refractivity contribution in [3.05, 3.63) is 109 Å². The van der Waals surface area contributed by atoms with Gasteiger partial charge in [0.15, 0.2) is 6.10 Å². The van der Waals surface area contributed by atoms with Crippen LogP contribution in [0.3, 0.4) is 0 Å². The first kappa shape index (κ1) is 75.1. The van der Waals surface area contributed by atoms with E-state index in [-0.39, 0.29) is 31.1 Å². The van der Waals surface area contributed by atoms with Gasteiger partial charge in [-0.05, 0) is 103 Å². The Morgan fingerprint density at radius 3 is 0.772 bits per heavy atom. The van der Waals surface area contributed by atoms with Crippen LogP contribution >= 0.6 is 0 Å². The molecule has 0 aliphatic carbocycles. The van der Waals surface area contributed by atoms with Gasteiger partial charge in [0.05, 0.1) is 0 Å². The van der Waals surface area contributed by atoms with Gasteiger partial charge in [-0.3, -0.25) is 14.4 Å². The Bertz CT molecular complexity index is 1590. The molecule has 0 aromatic rings. The third kappa shape index (κ3) is 64.8. The second-order valence-corrected chi connectivity index (χ2v) is 22.0. The Morgan fingerprint density at radius 1 is 0.266 bits per heavy atom. The smallest absolute Gasteiger partial charge is 0.306 e. The summed E-state index contributed by atoms with van der Waals surface area (Å²) >= 11 is 0. The van der Waals surface area contributed by atoms with Crippen molar-refractivity contribution in [2.75, 3.05) is 13.2 Å². The lowest BCUT2D eigenvalue weighted by molar-refractivity contribution is -0.167. The number of hydrogen-bond donors (Lipinski definition) is 0. The van der Waals surface area contributed by atoms with Crippen LogP contribution in [-0.2, 0) is 28.6 Å². The number of allylic oxidation sites excluding steroid dienone is 18. The van der Waals surface area contributed by atoms with Gasteiger partial charge < -0.3 is 14.2 Å². The van der Waals surface area contributed by atoms with Crippen LogP contribution in [0.25, 0.3) is 0 Å². The van der Waals surface area contributed by atoms with Crippen LogP contribution in [0.2, 0.25) is 0 Å². The molecule has 0 spiro atoms. The molecule has 0 bridgehead atoms. The summed E-state index contributed by atoms with van der Waals surface area (Å²) in [4.78, 5) is 38.3. The number of rotatable bonds is 60. The van der Waals surface area contributed by atoms with E-state index >= 15 is 0 Å². The van der Waals surface area contributed by atoms with Gasteiger partial charge in [0.1, 0.15) is 13.2 Å². The fraction of sp³-hybridized carbons (Fsp3) is 0.712. The summed E-state index contributed by atoms with van der Waals surface area (Å²) in [6.45, 7) is 6.42. The number of unbranched alkanes of at least 4 members (excludes halogenated alkanes) is 31. The summed E-state index contributed by atoms with van der Waals surface area (Å²) in [7, 11) is 0. The highest BCUT2D eigenvalue weighted by molar-refractivity contribution is 5.71. The van der Waals surface area contributed by atoms with Gasteiger partial charge in [0.2, 0.25) is 0 Å². The molecule has 0 aliphatic heterocycles. The van der Waals surface area contributed by atoms with Crippen molar-refractivity contribution < 1.29 is 28.6 Å². The molecule has 0 amide bonds. The molecule has 0 N–H and O–H groups in total. The van der Waals surface area contributed by atoms with Crippen molar-refractivity contribution in [1.82, 2.24) is 0 Å². The molecule has 6 heteroatoms. The molecule has 0 aromatic heterocycles. The van der Waals surface area contributed by atoms with Gasteiger partial charge in [-0.15, -0.1) is 0 Å². The Kier molecular flexibility index (Phi) is 63.3. The van der Waals surface area contributed by atoms with E-state index in [2.05, 4.69) is 130 Å². The molecule has 0 aromatic carbocycles. The lowest BCUT2D eigenvalue weighted by atomic mass is 10.0. The average molecular weight is 1100 g/mol. The monoisotopic (exact) mass is 1100 g/mol. The molecule has 0 saturated carbocycles. The largest absolute Gasteiger partial charge is 0.462 e. The van der Waals surface area contributed by atoms with E-state index in [4.69, 9.17) is 14.2 Å².